The van der Waals surface area contributed by atoms with Gasteiger partial charge in [0.15, 0.2) is 0 Å². The first-order valence-electron chi connectivity index (χ1n) is 2.66. The van der Waals surface area contributed by atoms with E-state index in [-0.39, 0.29) is 5.96 Å². The number of nitrogens with two attached hydrogens (primary N) is 1. The summed E-state index contributed by atoms with van der Waals surface area (Å²) >= 11 is 5.53. The molecule has 2 N–H and O–H groups in total. The van der Waals surface area contributed by atoms with Crippen molar-refractivity contribution in [3.05, 3.63) is 0 Å². The molecule has 0 heterocycles. The van der Waals surface area contributed by atoms with Crippen LogP contribution in [-0.4, -0.2) is 18.2 Å². The Balaban J connectivity index is 3.95. The number of nitrogens with zero attached hydrogens (tertiary/aromatic N) is 2. The number of hydrogen-bond donors (Lipinski definition) is 1. The molecule has 0 aromatic carbocycles. The lowest BCUT2D eigenvalue weighted by molar-refractivity contribution is 1.29. The van der Waals surface area contributed by atoms with Crippen LogP contribution < -0.4 is 5.73 Å². The van der Waals surface area contributed by atoms with Crippen LogP contribution in [0.2, 0.25) is 0 Å². The van der Waals surface area contributed by atoms with Crippen LogP contribution in [0.15, 0.2) is 9.98 Å². The van der Waals surface area contributed by atoms with Crippen LogP contribution in [0.5, 0.6) is 0 Å². The molecule has 3 nitrogen and oxygen atoms in total. The van der Waals surface area contributed by atoms with E-state index in [0.29, 0.717) is 11.6 Å². The van der Waals surface area contributed by atoms with E-state index in [1.807, 2.05) is 6.92 Å². The van der Waals surface area contributed by atoms with E-state index in [0.717, 1.165) is 0 Å². The van der Waals surface area contributed by atoms with Gasteiger partial charge in [0.2, 0.25) is 5.96 Å². The van der Waals surface area contributed by atoms with Crippen molar-refractivity contribution in [1.29, 1.82) is 0 Å². The zero-order chi connectivity index (χ0) is 7.28. The minimum Gasteiger partial charge on any atom is -0.368 e. The average Bonchev–Trinajstić information content (AvgIpc) is 1.87. The van der Waals surface area contributed by atoms with Gasteiger partial charge in [-0.05, 0) is 6.42 Å². The first kappa shape index (κ1) is 8.43. The standard InChI is InChI=1S/C5H10ClN3/c1-3-4(6)9-5(7)8-2/h3H2,1-2H3,(H2,7,8)/b9-4+. The van der Waals surface area contributed by atoms with E-state index in [1.54, 1.807) is 7.05 Å². The average molecular weight is 148 g/mol. The second-order valence-corrected chi connectivity index (χ2v) is 1.86. The molecular weight excluding hydrogens is 138 g/mol. The Kier molecular flexibility index (Phi) is 4.05. The van der Waals surface area contributed by atoms with Gasteiger partial charge < -0.3 is 5.73 Å². The summed E-state index contributed by atoms with van der Waals surface area (Å²) in [4.78, 5) is 7.32. The third-order valence-corrected chi connectivity index (χ3v) is 1.11. The maximum atomic E-state index is 5.53. The Morgan fingerprint density at radius 3 is 2.56 bits per heavy atom. The number of rotatable bonds is 1. The van der Waals surface area contributed by atoms with Crippen molar-refractivity contribution in [2.24, 2.45) is 15.7 Å². The van der Waals surface area contributed by atoms with Gasteiger partial charge in [-0.15, -0.1) is 0 Å². The molecule has 0 radical (unpaired) electrons. The predicted octanol–water partition coefficient (Wildman–Crippen LogP) is 0.978. The van der Waals surface area contributed by atoms with Gasteiger partial charge in [-0.1, -0.05) is 18.5 Å². The van der Waals surface area contributed by atoms with E-state index >= 15 is 0 Å². The highest BCUT2D eigenvalue weighted by Gasteiger charge is 1.88. The van der Waals surface area contributed by atoms with Crippen molar-refractivity contribution in [2.75, 3.05) is 7.05 Å². The lowest BCUT2D eigenvalue weighted by atomic mass is 10.5. The molecule has 0 rings (SSSR count). The smallest absolute Gasteiger partial charge is 0.216 e. The van der Waals surface area contributed by atoms with Crippen molar-refractivity contribution in [1.82, 2.24) is 0 Å². The molecule has 0 unspecified atom stereocenters. The third kappa shape index (κ3) is 3.97. The Hall–Kier alpha value is -0.570. The van der Waals surface area contributed by atoms with Crippen molar-refractivity contribution in [3.8, 4) is 0 Å². The molecule has 0 aliphatic carbocycles. The lowest BCUT2D eigenvalue weighted by Crippen LogP contribution is -2.09. The van der Waals surface area contributed by atoms with Crippen LogP contribution in [0, 0.1) is 0 Å². The highest BCUT2D eigenvalue weighted by molar-refractivity contribution is 6.66. The molecule has 0 atom stereocenters. The molecule has 0 aliphatic heterocycles. The van der Waals surface area contributed by atoms with Crippen LogP contribution in [0.4, 0.5) is 0 Å². The number of hydrogen-bond acceptors (Lipinski definition) is 1. The molecule has 0 saturated carbocycles. The van der Waals surface area contributed by atoms with Crippen molar-refractivity contribution < 1.29 is 0 Å². The summed E-state index contributed by atoms with van der Waals surface area (Å²) in [5.41, 5.74) is 5.23. The maximum absolute atomic E-state index is 5.53. The summed E-state index contributed by atoms with van der Waals surface area (Å²) in [6, 6.07) is 0. The molecular formula is C5H10ClN3. The zero-order valence-electron chi connectivity index (χ0n) is 5.56. The van der Waals surface area contributed by atoms with Gasteiger partial charge in [-0.2, -0.15) is 0 Å². The number of aliphatic imine (C=N–C) groups is 2. The minimum absolute atomic E-state index is 0.224. The molecule has 0 saturated heterocycles. The molecule has 0 bridgehead atoms. The summed E-state index contributed by atoms with van der Waals surface area (Å²) in [6.07, 6.45) is 0.692. The van der Waals surface area contributed by atoms with Crippen LogP contribution in [0.25, 0.3) is 0 Å². The molecule has 0 aromatic heterocycles. The topological polar surface area (TPSA) is 50.7 Å². The van der Waals surface area contributed by atoms with Crippen LogP contribution >= 0.6 is 11.6 Å². The molecule has 9 heavy (non-hydrogen) atoms. The number of halogens is 1. The monoisotopic (exact) mass is 147 g/mol. The van der Waals surface area contributed by atoms with E-state index < -0.39 is 0 Å². The summed E-state index contributed by atoms with van der Waals surface area (Å²) in [5, 5.41) is 0.484. The molecule has 0 spiro atoms. The summed E-state index contributed by atoms with van der Waals surface area (Å²) < 4.78 is 0. The van der Waals surface area contributed by atoms with Gasteiger partial charge >= 0.3 is 0 Å². The highest BCUT2D eigenvalue weighted by atomic mass is 35.5. The fourth-order valence-corrected chi connectivity index (χ4v) is 0.340. The first-order chi connectivity index (χ1) is 4.20. The minimum atomic E-state index is 0.224. The summed E-state index contributed by atoms with van der Waals surface area (Å²) in [6.45, 7) is 1.90. The van der Waals surface area contributed by atoms with Crippen molar-refractivity contribution in [3.63, 3.8) is 0 Å². The largest absolute Gasteiger partial charge is 0.368 e. The van der Waals surface area contributed by atoms with Gasteiger partial charge in [0, 0.05) is 7.05 Å². The van der Waals surface area contributed by atoms with Crippen LogP contribution in [-0.2, 0) is 0 Å². The maximum Gasteiger partial charge on any atom is 0.216 e. The highest BCUT2D eigenvalue weighted by Crippen LogP contribution is 1.90. The van der Waals surface area contributed by atoms with E-state index in [9.17, 15) is 0 Å². The summed E-state index contributed by atoms with van der Waals surface area (Å²) in [5.74, 6) is 0.224. The Morgan fingerprint density at radius 2 is 2.22 bits per heavy atom. The second kappa shape index (κ2) is 4.32. The van der Waals surface area contributed by atoms with E-state index in [2.05, 4.69) is 9.98 Å². The molecule has 0 aromatic rings. The Labute approximate surface area is 59.6 Å². The quantitative estimate of drug-likeness (QED) is 0.436. The first-order valence-corrected chi connectivity index (χ1v) is 3.03. The summed E-state index contributed by atoms with van der Waals surface area (Å²) in [7, 11) is 1.57. The fourth-order valence-electron chi connectivity index (χ4n) is 0.253. The zero-order valence-corrected chi connectivity index (χ0v) is 6.31. The predicted molar refractivity (Wildman–Crippen MR) is 41.1 cm³/mol. The number of guanidine groups is 1. The molecule has 52 valence electrons. The normalized spacial score (nSPS) is 14.1. The molecule has 4 heteroatoms. The third-order valence-electron chi connectivity index (χ3n) is 0.757. The lowest BCUT2D eigenvalue weighted by Gasteiger charge is -1.89. The van der Waals surface area contributed by atoms with Crippen molar-refractivity contribution in [2.45, 2.75) is 13.3 Å². The van der Waals surface area contributed by atoms with Gasteiger partial charge in [-0.25, -0.2) is 4.99 Å². The van der Waals surface area contributed by atoms with Gasteiger partial charge in [0.1, 0.15) is 5.17 Å². The van der Waals surface area contributed by atoms with Gasteiger partial charge in [-0.3, -0.25) is 4.99 Å². The van der Waals surface area contributed by atoms with Gasteiger partial charge in [0.05, 0.1) is 0 Å². The van der Waals surface area contributed by atoms with Crippen LogP contribution in [0.1, 0.15) is 13.3 Å². The molecule has 0 fully saturated rings. The van der Waals surface area contributed by atoms with E-state index in [1.165, 1.54) is 0 Å². The van der Waals surface area contributed by atoms with Crippen molar-refractivity contribution >= 4 is 22.7 Å². The second-order valence-electron chi connectivity index (χ2n) is 1.42. The van der Waals surface area contributed by atoms with E-state index in [4.69, 9.17) is 17.3 Å². The van der Waals surface area contributed by atoms with Gasteiger partial charge in [0.25, 0.3) is 0 Å². The fraction of sp³-hybridized carbons (Fsp3) is 0.600. The SMILES string of the molecule is CC/C(Cl)=N\C(N)=N/C. The molecule has 0 amide bonds. The molecule has 0 aliphatic rings. The Bertz CT molecular complexity index is 139. The van der Waals surface area contributed by atoms with Crippen LogP contribution in [0.3, 0.4) is 0 Å². The Morgan fingerprint density at radius 1 is 1.67 bits per heavy atom.